The molecule has 6 nitrogen and oxygen atoms in total. The minimum Gasteiger partial charge on any atom is -0.460 e. The third-order valence-electron chi connectivity index (χ3n) is 3.79. The van der Waals surface area contributed by atoms with Gasteiger partial charge in [0.05, 0.1) is 27.9 Å². The summed E-state index contributed by atoms with van der Waals surface area (Å²) < 4.78 is 22.6. The van der Waals surface area contributed by atoms with Gasteiger partial charge in [-0.1, -0.05) is 20.3 Å². The molecule has 0 amide bonds. The average molecular weight is 352 g/mol. The maximum atomic E-state index is 12.8. The lowest BCUT2D eigenvalue weighted by atomic mass is 9.89. The SMILES string of the molecule is CCCC1=C(S(=O)CC)C(=O)c2oc(C(=O)OCC)c(C)c2C1=O. The molecule has 0 aromatic carbocycles. The van der Waals surface area contributed by atoms with Gasteiger partial charge in [0.15, 0.2) is 11.5 Å². The first-order valence-corrected chi connectivity index (χ1v) is 9.22. The lowest BCUT2D eigenvalue weighted by Gasteiger charge is -2.17. The van der Waals surface area contributed by atoms with E-state index in [1.54, 1.807) is 20.8 Å². The van der Waals surface area contributed by atoms with Crippen molar-refractivity contribution >= 4 is 28.3 Å². The standard InChI is InChI=1S/C17H20O6S/c1-5-8-10-12(18)11-9(4)14(17(20)22-6-2)23-15(11)13(19)16(10)24(21)7-3/h5-8H2,1-4H3. The molecule has 0 aliphatic heterocycles. The molecule has 0 spiro atoms. The fraction of sp³-hybridized carbons (Fsp3) is 0.471. The Morgan fingerprint density at radius 1 is 1.17 bits per heavy atom. The topological polar surface area (TPSA) is 90.7 Å². The molecule has 0 N–H and O–H groups in total. The molecule has 0 radical (unpaired) electrons. The van der Waals surface area contributed by atoms with E-state index in [0.29, 0.717) is 12.8 Å². The summed E-state index contributed by atoms with van der Waals surface area (Å²) in [5.74, 6) is -1.83. The predicted octanol–water partition coefficient (Wildman–Crippen LogP) is 2.97. The van der Waals surface area contributed by atoms with Crippen molar-refractivity contribution in [2.24, 2.45) is 0 Å². The molecule has 2 rings (SSSR count). The number of ketones is 2. The number of esters is 1. The molecular formula is C17H20O6S. The van der Waals surface area contributed by atoms with Crippen LogP contribution in [0.1, 0.15) is 70.6 Å². The van der Waals surface area contributed by atoms with Crippen LogP contribution in [0.4, 0.5) is 0 Å². The van der Waals surface area contributed by atoms with Crippen LogP contribution in [0.15, 0.2) is 14.9 Å². The van der Waals surface area contributed by atoms with Crippen LogP contribution < -0.4 is 0 Å². The summed E-state index contributed by atoms with van der Waals surface area (Å²) in [5, 5.41) is 0. The second-order valence-electron chi connectivity index (χ2n) is 5.33. The first kappa shape index (κ1) is 18.3. The number of ether oxygens (including phenoxy) is 1. The zero-order valence-corrected chi connectivity index (χ0v) is 15.0. The number of furan rings is 1. The smallest absolute Gasteiger partial charge is 0.374 e. The molecule has 0 saturated heterocycles. The van der Waals surface area contributed by atoms with Crippen molar-refractivity contribution < 1.29 is 27.7 Å². The van der Waals surface area contributed by atoms with Gasteiger partial charge in [0.2, 0.25) is 11.5 Å². The number of fused-ring (bicyclic) bond motifs is 1. The van der Waals surface area contributed by atoms with Crippen LogP contribution in [0.5, 0.6) is 0 Å². The monoisotopic (exact) mass is 352 g/mol. The highest BCUT2D eigenvalue weighted by Gasteiger charge is 2.40. The minimum atomic E-state index is -1.58. The molecule has 24 heavy (non-hydrogen) atoms. The number of rotatable bonds is 6. The highest BCUT2D eigenvalue weighted by Crippen LogP contribution is 2.35. The number of carbonyl (C=O) groups excluding carboxylic acids is 3. The third kappa shape index (κ3) is 2.88. The van der Waals surface area contributed by atoms with Gasteiger partial charge < -0.3 is 9.15 Å². The normalized spacial score (nSPS) is 15.5. The molecule has 1 atom stereocenters. The van der Waals surface area contributed by atoms with Gasteiger partial charge in [-0.25, -0.2) is 4.79 Å². The van der Waals surface area contributed by atoms with Crippen LogP contribution in [0, 0.1) is 6.92 Å². The highest BCUT2D eigenvalue weighted by atomic mass is 32.2. The molecule has 1 aliphatic carbocycles. The Kier molecular flexibility index (Phi) is 5.54. The number of carbonyl (C=O) groups is 3. The second kappa shape index (κ2) is 7.25. The van der Waals surface area contributed by atoms with E-state index in [0.717, 1.165) is 0 Å². The molecule has 7 heteroatoms. The van der Waals surface area contributed by atoms with Crippen molar-refractivity contribution in [3.63, 3.8) is 0 Å². The Balaban J connectivity index is 2.65. The number of allylic oxidation sites excluding steroid dienone is 2. The van der Waals surface area contributed by atoms with Crippen LogP contribution in [0.2, 0.25) is 0 Å². The average Bonchev–Trinajstić information content (AvgIpc) is 2.90. The number of Topliss-reactive ketones (excluding diaryl/α,β-unsaturated/α-hetero) is 2. The first-order chi connectivity index (χ1) is 11.4. The maximum absolute atomic E-state index is 12.8. The second-order valence-corrected chi connectivity index (χ2v) is 7.01. The summed E-state index contributed by atoms with van der Waals surface area (Å²) in [6.45, 7) is 6.90. The minimum absolute atomic E-state index is 0.000934. The van der Waals surface area contributed by atoms with E-state index in [1.165, 1.54) is 0 Å². The van der Waals surface area contributed by atoms with E-state index in [9.17, 15) is 18.6 Å². The van der Waals surface area contributed by atoms with Gasteiger partial charge in [-0.15, -0.1) is 0 Å². The van der Waals surface area contributed by atoms with Crippen molar-refractivity contribution in [3.8, 4) is 0 Å². The Labute approximate surface area is 142 Å². The molecule has 0 fully saturated rings. The van der Waals surface area contributed by atoms with E-state index < -0.39 is 22.6 Å². The van der Waals surface area contributed by atoms with Crippen LogP contribution in [0.3, 0.4) is 0 Å². The van der Waals surface area contributed by atoms with E-state index >= 15 is 0 Å². The fourth-order valence-corrected chi connectivity index (χ4v) is 3.75. The summed E-state index contributed by atoms with van der Waals surface area (Å²) in [5.41, 5.74) is 0.634. The van der Waals surface area contributed by atoms with E-state index in [1.807, 2.05) is 6.92 Å². The van der Waals surface area contributed by atoms with E-state index in [2.05, 4.69) is 0 Å². The lowest BCUT2D eigenvalue weighted by Crippen LogP contribution is -2.24. The van der Waals surface area contributed by atoms with Crippen molar-refractivity contribution in [2.45, 2.75) is 40.5 Å². The van der Waals surface area contributed by atoms with E-state index in [-0.39, 0.29) is 51.3 Å². The fourth-order valence-electron chi connectivity index (χ4n) is 2.69. The van der Waals surface area contributed by atoms with Gasteiger partial charge in [0.25, 0.3) is 0 Å². The lowest BCUT2D eigenvalue weighted by molar-refractivity contribution is 0.0487. The van der Waals surface area contributed by atoms with Crippen LogP contribution in [0.25, 0.3) is 0 Å². The Morgan fingerprint density at radius 2 is 1.83 bits per heavy atom. The van der Waals surface area contributed by atoms with Crippen LogP contribution >= 0.6 is 0 Å². The molecule has 1 aliphatic rings. The molecule has 1 heterocycles. The van der Waals surface area contributed by atoms with Gasteiger partial charge in [-0.2, -0.15) is 0 Å². The van der Waals surface area contributed by atoms with Crippen molar-refractivity contribution in [1.29, 1.82) is 0 Å². The Hall–Kier alpha value is -2.02. The largest absolute Gasteiger partial charge is 0.460 e. The zero-order valence-electron chi connectivity index (χ0n) is 14.2. The van der Waals surface area contributed by atoms with Crippen LogP contribution in [-0.2, 0) is 15.5 Å². The molecule has 1 aromatic heterocycles. The quantitative estimate of drug-likeness (QED) is 0.731. The van der Waals surface area contributed by atoms with Gasteiger partial charge in [0, 0.05) is 16.9 Å². The Morgan fingerprint density at radius 3 is 2.38 bits per heavy atom. The molecule has 1 unspecified atom stereocenters. The van der Waals surface area contributed by atoms with Gasteiger partial charge in [0.1, 0.15) is 0 Å². The summed E-state index contributed by atoms with van der Waals surface area (Å²) in [6.07, 6.45) is 0.986. The first-order valence-electron chi connectivity index (χ1n) is 7.90. The van der Waals surface area contributed by atoms with Crippen molar-refractivity contribution in [3.05, 3.63) is 33.1 Å². The summed E-state index contributed by atoms with van der Waals surface area (Å²) >= 11 is 0. The Bertz CT molecular complexity index is 768. The van der Waals surface area contributed by atoms with Gasteiger partial charge >= 0.3 is 5.97 Å². The molecular weight excluding hydrogens is 332 g/mol. The van der Waals surface area contributed by atoms with Crippen molar-refractivity contribution in [2.75, 3.05) is 12.4 Å². The number of hydrogen-bond acceptors (Lipinski definition) is 6. The molecule has 1 aromatic rings. The molecule has 0 bridgehead atoms. The third-order valence-corrected chi connectivity index (χ3v) is 5.20. The van der Waals surface area contributed by atoms with E-state index in [4.69, 9.17) is 9.15 Å². The molecule has 130 valence electrons. The maximum Gasteiger partial charge on any atom is 0.374 e. The zero-order chi connectivity index (χ0) is 18.0. The van der Waals surface area contributed by atoms with Gasteiger partial charge in [-0.05, 0) is 20.3 Å². The predicted molar refractivity (Wildman–Crippen MR) is 88.7 cm³/mol. The van der Waals surface area contributed by atoms with Gasteiger partial charge in [-0.3, -0.25) is 13.8 Å². The summed E-state index contributed by atoms with van der Waals surface area (Å²) in [4.78, 5) is 37.6. The molecule has 0 saturated carbocycles. The summed E-state index contributed by atoms with van der Waals surface area (Å²) in [7, 11) is -1.58. The van der Waals surface area contributed by atoms with Crippen LogP contribution in [-0.4, -0.2) is 34.1 Å². The highest BCUT2D eigenvalue weighted by molar-refractivity contribution is 7.90. The van der Waals surface area contributed by atoms with Crippen molar-refractivity contribution in [1.82, 2.24) is 0 Å². The number of hydrogen-bond donors (Lipinski definition) is 0. The summed E-state index contributed by atoms with van der Waals surface area (Å²) in [6, 6.07) is 0.